The lowest BCUT2D eigenvalue weighted by Crippen LogP contribution is -2.46. The summed E-state index contributed by atoms with van der Waals surface area (Å²) in [6.07, 6.45) is 2.42. The number of pyridine rings is 1. The molecule has 0 aliphatic carbocycles. The van der Waals surface area contributed by atoms with Gasteiger partial charge >= 0.3 is 0 Å². The van der Waals surface area contributed by atoms with Gasteiger partial charge in [0, 0.05) is 25.2 Å². The Balaban J connectivity index is 1.73. The van der Waals surface area contributed by atoms with Crippen LogP contribution in [0.2, 0.25) is 0 Å². The maximum atomic E-state index is 13.1. The average Bonchev–Trinajstić information content (AvgIpc) is 2.59. The molecule has 0 spiro atoms. The summed E-state index contributed by atoms with van der Waals surface area (Å²) in [6.45, 7) is 2.52. The number of hydrogen-bond acceptors (Lipinski definition) is 2. The first-order valence-electron chi connectivity index (χ1n) is 8.62. The molecule has 0 N–H and O–H groups in total. The number of hydrogen-bond donors (Lipinski definition) is 0. The normalized spacial score (nSPS) is 16.6. The Bertz CT molecular complexity index is 1070. The number of rotatable bonds is 2. The van der Waals surface area contributed by atoms with E-state index >= 15 is 0 Å². The summed E-state index contributed by atoms with van der Waals surface area (Å²) in [6, 6.07) is 11.7. The van der Waals surface area contributed by atoms with Crippen molar-refractivity contribution in [3.05, 3.63) is 81.4 Å². The van der Waals surface area contributed by atoms with Crippen molar-refractivity contribution in [3.63, 3.8) is 0 Å². The average molecular weight is 350 g/mol. The molecule has 5 heteroatoms. The van der Waals surface area contributed by atoms with Crippen molar-refractivity contribution in [2.45, 2.75) is 19.4 Å². The fourth-order valence-corrected chi connectivity index (χ4v) is 3.58. The van der Waals surface area contributed by atoms with Crippen LogP contribution in [0.25, 0.3) is 10.9 Å². The smallest absolute Gasteiger partial charge is 0.259 e. The Labute approximate surface area is 150 Å². The highest BCUT2D eigenvalue weighted by Crippen LogP contribution is 2.34. The molecule has 0 saturated carbocycles. The molecule has 0 unspecified atom stereocenters. The van der Waals surface area contributed by atoms with Crippen LogP contribution in [0.1, 0.15) is 33.9 Å². The first kappa shape index (κ1) is 16.5. The van der Waals surface area contributed by atoms with Gasteiger partial charge in [0.25, 0.3) is 5.91 Å². The number of benzene rings is 2. The van der Waals surface area contributed by atoms with E-state index in [1.54, 1.807) is 23.2 Å². The highest BCUT2D eigenvalue weighted by atomic mass is 19.1. The van der Waals surface area contributed by atoms with Crippen LogP contribution in [0, 0.1) is 12.7 Å². The van der Waals surface area contributed by atoms with Gasteiger partial charge in [0.05, 0.1) is 11.6 Å². The molecule has 2 heterocycles. The van der Waals surface area contributed by atoms with Crippen molar-refractivity contribution in [3.8, 4) is 0 Å². The molecular weight excluding hydrogens is 331 g/mol. The van der Waals surface area contributed by atoms with Crippen LogP contribution in [0.5, 0.6) is 0 Å². The minimum absolute atomic E-state index is 0.110. The number of fused-ring (bicyclic) bond motifs is 1. The first-order valence-corrected chi connectivity index (χ1v) is 8.62. The standard InChI is InChI=1S/C21H19FN2O2/c1-13-3-8-19-16(11-13)20(25)17(12-23(19)2)21(26)24-10-9-18(24)14-4-6-15(22)7-5-14/h3-8,11-12,18H,9-10H2,1-2H3/t18-/m0/s1. The third-order valence-corrected chi connectivity index (χ3v) is 5.11. The van der Waals surface area contributed by atoms with Crippen molar-refractivity contribution in [1.82, 2.24) is 9.47 Å². The highest BCUT2D eigenvalue weighted by molar-refractivity contribution is 5.98. The van der Waals surface area contributed by atoms with Gasteiger partial charge in [-0.1, -0.05) is 23.8 Å². The largest absolute Gasteiger partial charge is 0.350 e. The number of nitrogens with zero attached hydrogens (tertiary/aromatic N) is 2. The fraction of sp³-hybridized carbons (Fsp3) is 0.238. The number of aryl methyl sites for hydroxylation is 2. The van der Waals surface area contributed by atoms with Crippen LogP contribution in [0.3, 0.4) is 0 Å². The second-order valence-corrected chi connectivity index (χ2v) is 6.86. The van der Waals surface area contributed by atoms with Crippen molar-refractivity contribution in [1.29, 1.82) is 0 Å². The molecule has 0 radical (unpaired) electrons. The number of aromatic nitrogens is 1. The molecule has 0 bridgehead atoms. The van der Waals surface area contributed by atoms with Gasteiger partial charge in [-0.15, -0.1) is 0 Å². The second kappa shape index (κ2) is 6.09. The van der Waals surface area contributed by atoms with Gasteiger partial charge in [0.1, 0.15) is 11.4 Å². The number of carbonyl (C=O) groups excluding carboxylic acids is 1. The molecule has 1 saturated heterocycles. The topological polar surface area (TPSA) is 42.3 Å². The molecule has 1 atom stereocenters. The number of carbonyl (C=O) groups is 1. The van der Waals surface area contributed by atoms with Gasteiger partial charge in [0.15, 0.2) is 0 Å². The Hall–Kier alpha value is -2.95. The fourth-order valence-electron chi connectivity index (χ4n) is 3.58. The van der Waals surface area contributed by atoms with Crippen LogP contribution < -0.4 is 5.43 Å². The molecule has 4 rings (SSSR count). The third-order valence-electron chi connectivity index (χ3n) is 5.11. The molecule has 1 aliphatic heterocycles. The number of amides is 1. The van der Waals surface area contributed by atoms with Crippen molar-refractivity contribution in [2.24, 2.45) is 7.05 Å². The summed E-state index contributed by atoms with van der Waals surface area (Å²) in [4.78, 5) is 27.6. The molecule has 1 aromatic heterocycles. The van der Waals surface area contributed by atoms with E-state index in [-0.39, 0.29) is 28.8 Å². The Morgan fingerprint density at radius 1 is 1.15 bits per heavy atom. The summed E-state index contributed by atoms with van der Waals surface area (Å²) < 4.78 is 15.0. The monoisotopic (exact) mass is 350 g/mol. The van der Waals surface area contributed by atoms with Gasteiger partial charge in [-0.2, -0.15) is 0 Å². The van der Waals surface area contributed by atoms with Gasteiger partial charge in [-0.05, 0) is 43.2 Å². The molecule has 1 fully saturated rings. The minimum Gasteiger partial charge on any atom is -0.350 e. The molecule has 1 aliphatic rings. The van der Waals surface area contributed by atoms with Gasteiger partial charge < -0.3 is 9.47 Å². The van der Waals surface area contributed by atoms with Crippen LogP contribution in [0.4, 0.5) is 4.39 Å². The van der Waals surface area contributed by atoms with E-state index in [1.807, 2.05) is 36.7 Å². The van der Waals surface area contributed by atoms with E-state index in [4.69, 9.17) is 0 Å². The van der Waals surface area contributed by atoms with Gasteiger partial charge in [-0.3, -0.25) is 9.59 Å². The summed E-state index contributed by atoms with van der Waals surface area (Å²) in [5.74, 6) is -0.570. The summed E-state index contributed by atoms with van der Waals surface area (Å²) in [7, 11) is 1.83. The molecule has 4 nitrogen and oxygen atoms in total. The first-order chi connectivity index (χ1) is 12.5. The zero-order valence-electron chi connectivity index (χ0n) is 14.7. The van der Waals surface area contributed by atoms with Crippen LogP contribution in [0.15, 0.2) is 53.5 Å². The quantitative estimate of drug-likeness (QED) is 0.709. The number of likely N-dealkylation sites (tertiary alicyclic amines) is 1. The molecule has 2 aromatic carbocycles. The Morgan fingerprint density at radius 3 is 2.54 bits per heavy atom. The van der Waals surface area contributed by atoms with E-state index in [2.05, 4.69) is 0 Å². The maximum Gasteiger partial charge on any atom is 0.259 e. The van der Waals surface area contributed by atoms with E-state index in [0.29, 0.717) is 11.9 Å². The molecule has 3 aromatic rings. The molecule has 132 valence electrons. The predicted octanol–water partition coefficient (Wildman–Crippen LogP) is 3.57. The van der Waals surface area contributed by atoms with Crippen LogP contribution in [-0.4, -0.2) is 21.9 Å². The Morgan fingerprint density at radius 2 is 1.88 bits per heavy atom. The SMILES string of the molecule is Cc1ccc2c(c1)c(=O)c(C(=O)N1CC[C@H]1c1ccc(F)cc1)cn2C. The summed E-state index contributed by atoms with van der Waals surface area (Å²) >= 11 is 0. The third kappa shape index (κ3) is 2.60. The van der Waals surface area contributed by atoms with E-state index in [1.165, 1.54) is 12.1 Å². The zero-order chi connectivity index (χ0) is 18.4. The van der Waals surface area contributed by atoms with Gasteiger partial charge in [-0.25, -0.2) is 4.39 Å². The molecule has 1 amide bonds. The Kier molecular flexibility index (Phi) is 3.87. The minimum atomic E-state index is -0.301. The highest BCUT2D eigenvalue weighted by Gasteiger charge is 2.35. The second-order valence-electron chi connectivity index (χ2n) is 6.86. The lowest BCUT2D eigenvalue weighted by Gasteiger charge is -2.41. The predicted molar refractivity (Wildman–Crippen MR) is 98.7 cm³/mol. The van der Waals surface area contributed by atoms with E-state index in [0.717, 1.165) is 23.1 Å². The van der Waals surface area contributed by atoms with Crippen molar-refractivity contribution >= 4 is 16.8 Å². The van der Waals surface area contributed by atoms with E-state index < -0.39 is 0 Å². The lowest BCUT2D eigenvalue weighted by molar-refractivity contribution is 0.0458. The molecule has 26 heavy (non-hydrogen) atoms. The van der Waals surface area contributed by atoms with Crippen molar-refractivity contribution in [2.75, 3.05) is 6.54 Å². The molecular formula is C21H19FN2O2. The number of halogens is 1. The summed E-state index contributed by atoms with van der Waals surface area (Å²) in [5, 5.41) is 0.553. The summed E-state index contributed by atoms with van der Waals surface area (Å²) in [5.41, 5.74) is 2.61. The maximum absolute atomic E-state index is 13.1. The van der Waals surface area contributed by atoms with Crippen molar-refractivity contribution < 1.29 is 9.18 Å². The lowest BCUT2D eigenvalue weighted by atomic mass is 9.93. The zero-order valence-corrected chi connectivity index (χ0v) is 14.7. The van der Waals surface area contributed by atoms with Crippen LogP contribution in [-0.2, 0) is 7.05 Å². The van der Waals surface area contributed by atoms with E-state index in [9.17, 15) is 14.0 Å². The van der Waals surface area contributed by atoms with Crippen LogP contribution >= 0.6 is 0 Å². The van der Waals surface area contributed by atoms with Gasteiger partial charge in [0.2, 0.25) is 5.43 Å².